The van der Waals surface area contributed by atoms with Gasteiger partial charge in [0.25, 0.3) is 0 Å². The summed E-state index contributed by atoms with van der Waals surface area (Å²) in [5, 5.41) is 10.4. The third-order valence-corrected chi connectivity index (χ3v) is 3.73. The predicted octanol–water partition coefficient (Wildman–Crippen LogP) is 2.19. The van der Waals surface area contributed by atoms with E-state index in [1.165, 1.54) is 12.8 Å². The SMILES string of the molecule is CN(C)C1(C(O)c2ccoc2)CCCC1. The van der Waals surface area contributed by atoms with Crippen molar-refractivity contribution in [2.24, 2.45) is 0 Å². The molecule has 1 heterocycles. The molecule has 0 aromatic carbocycles. The van der Waals surface area contributed by atoms with Crippen LogP contribution in [0.2, 0.25) is 0 Å². The number of furan rings is 1. The molecule has 1 aromatic heterocycles. The quantitative estimate of drug-likeness (QED) is 0.829. The number of hydrogen-bond donors (Lipinski definition) is 1. The maximum Gasteiger partial charge on any atom is 0.100 e. The number of hydrogen-bond acceptors (Lipinski definition) is 3. The van der Waals surface area contributed by atoms with Gasteiger partial charge in [0.15, 0.2) is 0 Å². The summed E-state index contributed by atoms with van der Waals surface area (Å²) in [5.41, 5.74) is 0.801. The van der Waals surface area contributed by atoms with E-state index in [9.17, 15) is 5.11 Å². The molecule has 0 amide bonds. The van der Waals surface area contributed by atoms with Gasteiger partial charge in [0.05, 0.1) is 18.1 Å². The van der Waals surface area contributed by atoms with Crippen molar-refractivity contribution < 1.29 is 9.52 Å². The van der Waals surface area contributed by atoms with Crippen molar-refractivity contribution in [3.63, 3.8) is 0 Å². The van der Waals surface area contributed by atoms with E-state index in [1.54, 1.807) is 12.5 Å². The van der Waals surface area contributed by atoms with Crippen LogP contribution in [0, 0.1) is 0 Å². The first kappa shape index (κ1) is 10.7. The molecule has 3 nitrogen and oxygen atoms in total. The molecule has 1 aromatic rings. The Morgan fingerprint density at radius 3 is 2.53 bits per heavy atom. The van der Waals surface area contributed by atoms with E-state index in [-0.39, 0.29) is 5.54 Å². The van der Waals surface area contributed by atoms with Crippen LogP contribution < -0.4 is 0 Å². The van der Waals surface area contributed by atoms with Crippen LogP contribution in [-0.2, 0) is 0 Å². The molecule has 84 valence electrons. The summed E-state index contributed by atoms with van der Waals surface area (Å²) in [7, 11) is 4.10. The van der Waals surface area contributed by atoms with Gasteiger partial charge in [-0.2, -0.15) is 0 Å². The Morgan fingerprint density at radius 2 is 2.07 bits per heavy atom. The highest BCUT2D eigenvalue weighted by molar-refractivity contribution is 5.17. The predicted molar refractivity (Wildman–Crippen MR) is 58.6 cm³/mol. The molecule has 3 heteroatoms. The van der Waals surface area contributed by atoms with Crippen molar-refractivity contribution in [1.82, 2.24) is 4.90 Å². The van der Waals surface area contributed by atoms with Crippen LogP contribution >= 0.6 is 0 Å². The van der Waals surface area contributed by atoms with Gasteiger partial charge in [-0.1, -0.05) is 12.8 Å². The second kappa shape index (κ2) is 3.99. The van der Waals surface area contributed by atoms with E-state index in [0.717, 1.165) is 18.4 Å². The van der Waals surface area contributed by atoms with Gasteiger partial charge in [0.1, 0.15) is 6.10 Å². The average molecular weight is 209 g/mol. The Hall–Kier alpha value is -0.800. The molecule has 1 aliphatic rings. The van der Waals surface area contributed by atoms with Crippen LogP contribution in [0.3, 0.4) is 0 Å². The Balaban J connectivity index is 2.25. The van der Waals surface area contributed by atoms with Crippen LogP contribution in [0.4, 0.5) is 0 Å². The summed E-state index contributed by atoms with van der Waals surface area (Å²) in [4.78, 5) is 2.16. The molecule has 1 atom stereocenters. The minimum absolute atomic E-state index is 0.0934. The third-order valence-electron chi connectivity index (χ3n) is 3.73. The molecule has 2 rings (SSSR count). The van der Waals surface area contributed by atoms with E-state index in [1.807, 2.05) is 6.07 Å². The summed E-state index contributed by atoms with van der Waals surface area (Å²) in [6.45, 7) is 0. The highest BCUT2D eigenvalue weighted by Gasteiger charge is 2.43. The minimum Gasteiger partial charge on any atom is -0.472 e. The minimum atomic E-state index is -0.436. The van der Waals surface area contributed by atoms with Crippen molar-refractivity contribution in [3.05, 3.63) is 24.2 Å². The van der Waals surface area contributed by atoms with E-state index < -0.39 is 6.10 Å². The first-order chi connectivity index (χ1) is 7.17. The van der Waals surface area contributed by atoms with Gasteiger partial charge < -0.3 is 14.4 Å². The molecule has 1 fully saturated rings. The Kier molecular flexibility index (Phi) is 2.85. The van der Waals surface area contributed by atoms with E-state index in [0.29, 0.717) is 0 Å². The first-order valence-corrected chi connectivity index (χ1v) is 5.54. The highest BCUT2D eigenvalue weighted by atomic mass is 16.3. The fourth-order valence-electron chi connectivity index (χ4n) is 2.69. The lowest BCUT2D eigenvalue weighted by Gasteiger charge is -2.40. The molecule has 0 saturated heterocycles. The lowest BCUT2D eigenvalue weighted by molar-refractivity contribution is -0.00505. The largest absolute Gasteiger partial charge is 0.472 e. The molecule has 0 radical (unpaired) electrons. The number of aliphatic hydroxyl groups is 1. The third kappa shape index (κ3) is 1.70. The van der Waals surface area contributed by atoms with Crippen molar-refractivity contribution in [2.45, 2.75) is 37.3 Å². The molecule has 1 aliphatic carbocycles. The molecule has 1 N–H and O–H groups in total. The molecule has 15 heavy (non-hydrogen) atoms. The number of rotatable bonds is 3. The average Bonchev–Trinajstić information content (AvgIpc) is 2.89. The monoisotopic (exact) mass is 209 g/mol. The van der Waals surface area contributed by atoms with E-state index >= 15 is 0 Å². The second-order valence-electron chi connectivity index (χ2n) is 4.66. The summed E-state index contributed by atoms with van der Waals surface area (Å²) in [6.07, 6.45) is 7.36. The lowest BCUT2D eigenvalue weighted by Crippen LogP contribution is -2.46. The standard InChI is InChI=1S/C12H19NO2/c1-13(2)12(6-3-4-7-12)11(14)10-5-8-15-9-10/h5,8-9,11,14H,3-4,6-7H2,1-2H3. The van der Waals surface area contributed by atoms with Crippen molar-refractivity contribution >= 4 is 0 Å². The molecule has 1 saturated carbocycles. The number of aliphatic hydroxyl groups excluding tert-OH is 1. The zero-order valence-corrected chi connectivity index (χ0v) is 9.44. The highest BCUT2D eigenvalue weighted by Crippen LogP contribution is 2.43. The van der Waals surface area contributed by atoms with Gasteiger partial charge in [0, 0.05) is 5.56 Å². The Morgan fingerprint density at radius 1 is 1.40 bits per heavy atom. The Labute approximate surface area is 90.7 Å². The lowest BCUT2D eigenvalue weighted by atomic mass is 9.86. The van der Waals surface area contributed by atoms with Crippen molar-refractivity contribution in [3.8, 4) is 0 Å². The fourth-order valence-corrected chi connectivity index (χ4v) is 2.69. The fraction of sp³-hybridized carbons (Fsp3) is 0.667. The molecule has 0 spiro atoms. The van der Waals surface area contributed by atoms with Gasteiger partial charge in [-0.25, -0.2) is 0 Å². The Bertz CT molecular complexity index is 299. The molecule has 0 bridgehead atoms. The van der Waals surface area contributed by atoms with Gasteiger partial charge in [-0.15, -0.1) is 0 Å². The van der Waals surface area contributed by atoms with Crippen LogP contribution in [0.5, 0.6) is 0 Å². The van der Waals surface area contributed by atoms with Gasteiger partial charge in [0.2, 0.25) is 0 Å². The van der Waals surface area contributed by atoms with Crippen LogP contribution in [-0.4, -0.2) is 29.6 Å². The zero-order valence-electron chi connectivity index (χ0n) is 9.44. The van der Waals surface area contributed by atoms with Gasteiger partial charge in [-0.05, 0) is 33.0 Å². The summed E-state index contributed by atoms with van der Waals surface area (Å²) < 4.78 is 5.04. The number of likely N-dealkylation sites (N-methyl/N-ethyl adjacent to an activating group) is 1. The van der Waals surface area contributed by atoms with Crippen molar-refractivity contribution in [1.29, 1.82) is 0 Å². The topological polar surface area (TPSA) is 36.6 Å². The smallest absolute Gasteiger partial charge is 0.100 e. The van der Waals surface area contributed by atoms with Crippen LogP contribution in [0.25, 0.3) is 0 Å². The normalized spacial score (nSPS) is 22.1. The molecule has 0 aliphatic heterocycles. The van der Waals surface area contributed by atoms with Gasteiger partial charge >= 0.3 is 0 Å². The number of nitrogens with zero attached hydrogens (tertiary/aromatic N) is 1. The molecular weight excluding hydrogens is 190 g/mol. The maximum atomic E-state index is 10.4. The van der Waals surface area contributed by atoms with E-state index in [4.69, 9.17) is 4.42 Å². The maximum absolute atomic E-state index is 10.4. The van der Waals surface area contributed by atoms with Crippen molar-refractivity contribution in [2.75, 3.05) is 14.1 Å². The molecular formula is C12H19NO2. The zero-order chi connectivity index (χ0) is 10.9. The summed E-state index contributed by atoms with van der Waals surface area (Å²) in [5.74, 6) is 0. The van der Waals surface area contributed by atoms with Gasteiger partial charge in [-0.3, -0.25) is 0 Å². The molecule has 1 unspecified atom stereocenters. The van der Waals surface area contributed by atoms with Crippen LogP contribution in [0.15, 0.2) is 23.0 Å². The van der Waals surface area contributed by atoms with Crippen LogP contribution in [0.1, 0.15) is 37.4 Å². The summed E-state index contributed by atoms with van der Waals surface area (Å²) in [6, 6.07) is 1.86. The first-order valence-electron chi connectivity index (χ1n) is 5.54. The summed E-state index contributed by atoms with van der Waals surface area (Å²) >= 11 is 0. The second-order valence-corrected chi connectivity index (χ2v) is 4.66. The van der Waals surface area contributed by atoms with E-state index in [2.05, 4.69) is 19.0 Å².